The lowest BCUT2D eigenvalue weighted by Crippen LogP contribution is -2.28. The van der Waals surface area contributed by atoms with Crippen molar-refractivity contribution in [3.05, 3.63) is 54.1 Å². The summed E-state index contributed by atoms with van der Waals surface area (Å²) in [6, 6.07) is 3.21. The van der Waals surface area contributed by atoms with Gasteiger partial charge in [0.05, 0.1) is 11.4 Å². The lowest BCUT2D eigenvalue weighted by molar-refractivity contribution is 0.0942. The maximum absolute atomic E-state index is 12.8. The van der Waals surface area contributed by atoms with Crippen LogP contribution in [0.4, 0.5) is 11.4 Å². The van der Waals surface area contributed by atoms with Gasteiger partial charge in [0.1, 0.15) is 11.4 Å². The van der Waals surface area contributed by atoms with Crippen LogP contribution in [0.25, 0.3) is 0 Å². The molecule has 0 bridgehead atoms. The van der Waals surface area contributed by atoms with Crippen LogP contribution in [0.5, 0.6) is 0 Å². The summed E-state index contributed by atoms with van der Waals surface area (Å²) in [5.74, 6) is -0.667. The zero-order valence-electron chi connectivity index (χ0n) is 19.5. The molecule has 0 aromatic carbocycles. The second-order valence-corrected chi connectivity index (χ2v) is 8.13. The van der Waals surface area contributed by atoms with E-state index in [0.29, 0.717) is 29.3 Å². The molecule has 0 unspecified atom stereocenters. The van der Waals surface area contributed by atoms with Crippen molar-refractivity contribution < 1.29 is 14.4 Å². The Labute approximate surface area is 192 Å². The van der Waals surface area contributed by atoms with Crippen molar-refractivity contribution in [1.82, 2.24) is 28.9 Å². The van der Waals surface area contributed by atoms with Crippen molar-refractivity contribution in [3.8, 4) is 0 Å². The first-order valence-electron chi connectivity index (χ1n) is 10.5. The third-order valence-corrected chi connectivity index (χ3v) is 5.08. The summed E-state index contributed by atoms with van der Waals surface area (Å²) in [5.41, 5.74) is 1.77. The van der Waals surface area contributed by atoms with Gasteiger partial charge < -0.3 is 34.6 Å². The summed E-state index contributed by atoms with van der Waals surface area (Å²) in [7, 11) is 9.15. The second-order valence-electron chi connectivity index (χ2n) is 8.13. The molecular formula is C22H30N8O3. The molecule has 0 aliphatic carbocycles. The van der Waals surface area contributed by atoms with Gasteiger partial charge in [0, 0.05) is 52.5 Å². The molecule has 0 aliphatic rings. The Balaban J connectivity index is 1.62. The number of nitrogens with zero attached hydrogens (tertiary/aromatic N) is 5. The molecule has 3 amide bonds. The minimum Gasteiger partial charge on any atom is -0.351 e. The van der Waals surface area contributed by atoms with Crippen molar-refractivity contribution in [2.45, 2.75) is 6.42 Å². The molecule has 0 spiro atoms. The predicted molar refractivity (Wildman–Crippen MR) is 125 cm³/mol. The van der Waals surface area contributed by atoms with Gasteiger partial charge >= 0.3 is 0 Å². The lowest BCUT2D eigenvalue weighted by Gasteiger charge is -2.10. The summed E-state index contributed by atoms with van der Waals surface area (Å²) >= 11 is 0. The highest BCUT2D eigenvalue weighted by molar-refractivity contribution is 6.06. The Morgan fingerprint density at radius 1 is 0.879 bits per heavy atom. The van der Waals surface area contributed by atoms with Gasteiger partial charge in [-0.3, -0.25) is 14.4 Å². The summed E-state index contributed by atoms with van der Waals surface area (Å²) in [5, 5.41) is 8.43. The van der Waals surface area contributed by atoms with Crippen molar-refractivity contribution in [3.63, 3.8) is 0 Å². The number of imidazole rings is 1. The molecule has 3 aromatic heterocycles. The number of carbonyl (C=O) groups is 3. The first-order chi connectivity index (χ1) is 15.7. The van der Waals surface area contributed by atoms with E-state index in [1.54, 1.807) is 65.6 Å². The van der Waals surface area contributed by atoms with Crippen LogP contribution < -0.4 is 16.0 Å². The van der Waals surface area contributed by atoms with Gasteiger partial charge in [-0.1, -0.05) is 0 Å². The molecule has 11 heteroatoms. The normalized spacial score (nSPS) is 11.0. The Bertz CT molecular complexity index is 1150. The number of aryl methyl sites for hydroxylation is 3. The van der Waals surface area contributed by atoms with Crippen molar-refractivity contribution >= 4 is 29.1 Å². The Hall–Kier alpha value is -3.86. The van der Waals surface area contributed by atoms with E-state index < -0.39 is 0 Å². The molecule has 3 N–H and O–H groups in total. The highest BCUT2D eigenvalue weighted by Gasteiger charge is 2.18. The fraction of sp³-hybridized carbons (Fsp3) is 0.364. The summed E-state index contributed by atoms with van der Waals surface area (Å²) < 4.78 is 4.89. The summed E-state index contributed by atoms with van der Waals surface area (Å²) in [4.78, 5) is 43.7. The Morgan fingerprint density at radius 2 is 1.45 bits per heavy atom. The van der Waals surface area contributed by atoms with Crippen molar-refractivity contribution in [1.29, 1.82) is 0 Å². The maximum Gasteiger partial charge on any atom is 0.291 e. The summed E-state index contributed by atoms with van der Waals surface area (Å²) in [6.45, 7) is 1.45. The van der Waals surface area contributed by atoms with E-state index in [-0.39, 0.29) is 23.5 Å². The first-order valence-corrected chi connectivity index (χ1v) is 10.5. The van der Waals surface area contributed by atoms with Gasteiger partial charge in [-0.2, -0.15) is 0 Å². The van der Waals surface area contributed by atoms with Gasteiger partial charge in [0.25, 0.3) is 17.7 Å². The molecule has 176 valence electrons. The number of hydrogen-bond acceptors (Lipinski definition) is 5. The predicted octanol–water partition coefficient (Wildman–Crippen LogP) is 1.28. The van der Waals surface area contributed by atoms with Gasteiger partial charge in [-0.25, -0.2) is 4.98 Å². The molecule has 11 nitrogen and oxygen atoms in total. The van der Waals surface area contributed by atoms with Crippen LogP contribution >= 0.6 is 0 Å². The quantitative estimate of drug-likeness (QED) is 0.421. The average molecular weight is 455 g/mol. The number of rotatable bonds is 9. The SMILES string of the molecule is CN(C)CCCNC(=O)c1cc(NC(=O)c2cc(NC(=O)c3nccn3C)cn2C)cn1C. The van der Waals surface area contributed by atoms with E-state index in [1.807, 2.05) is 14.1 Å². The van der Waals surface area contributed by atoms with Crippen LogP contribution in [0.1, 0.15) is 38.0 Å². The number of amides is 3. The molecule has 0 aliphatic heterocycles. The summed E-state index contributed by atoms with van der Waals surface area (Å²) in [6.07, 6.45) is 7.39. The average Bonchev–Trinajstić information content (AvgIpc) is 3.43. The zero-order valence-corrected chi connectivity index (χ0v) is 19.5. The fourth-order valence-corrected chi connectivity index (χ4v) is 3.37. The van der Waals surface area contributed by atoms with Crippen LogP contribution in [0, 0.1) is 0 Å². The highest BCUT2D eigenvalue weighted by atomic mass is 16.2. The van der Waals surface area contributed by atoms with Crippen LogP contribution in [-0.2, 0) is 21.1 Å². The molecule has 3 heterocycles. The van der Waals surface area contributed by atoms with Crippen LogP contribution in [-0.4, -0.2) is 68.5 Å². The number of anilines is 2. The topological polar surface area (TPSA) is 118 Å². The van der Waals surface area contributed by atoms with Gasteiger partial charge in [-0.15, -0.1) is 0 Å². The lowest BCUT2D eigenvalue weighted by atomic mass is 10.3. The number of aromatic nitrogens is 4. The third-order valence-electron chi connectivity index (χ3n) is 5.08. The largest absolute Gasteiger partial charge is 0.351 e. The van der Waals surface area contributed by atoms with Gasteiger partial charge in [-0.05, 0) is 39.2 Å². The van der Waals surface area contributed by atoms with E-state index in [2.05, 4.69) is 25.8 Å². The number of hydrogen-bond donors (Lipinski definition) is 3. The van der Waals surface area contributed by atoms with Crippen molar-refractivity contribution in [2.24, 2.45) is 21.1 Å². The molecule has 0 atom stereocenters. The molecule has 0 saturated heterocycles. The number of carbonyl (C=O) groups excluding carboxylic acids is 3. The van der Waals surface area contributed by atoms with Gasteiger partial charge in [0.2, 0.25) is 0 Å². The Kier molecular flexibility index (Phi) is 7.34. The maximum atomic E-state index is 12.8. The number of nitrogens with one attached hydrogen (secondary N) is 3. The van der Waals surface area contributed by atoms with Crippen LogP contribution in [0.15, 0.2) is 36.9 Å². The highest BCUT2D eigenvalue weighted by Crippen LogP contribution is 2.18. The first kappa shape index (κ1) is 23.8. The van der Waals surface area contributed by atoms with Crippen LogP contribution in [0.3, 0.4) is 0 Å². The monoisotopic (exact) mass is 454 g/mol. The zero-order chi connectivity index (χ0) is 24.1. The smallest absolute Gasteiger partial charge is 0.291 e. The Morgan fingerprint density at radius 3 is 2.00 bits per heavy atom. The molecule has 0 radical (unpaired) electrons. The molecule has 3 aromatic rings. The standard InChI is InChI=1S/C22H30N8O3/c1-27(2)9-6-7-24-20(31)17-11-15(13-29(17)4)25-21(32)18-12-16(14-30(18)5)26-22(33)19-23-8-10-28(19)3/h8,10-14H,6-7,9H2,1-5H3,(H,24,31)(H,25,32)(H,26,33). The van der Waals surface area contributed by atoms with E-state index in [1.165, 1.54) is 6.20 Å². The van der Waals surface area contributed by atoms with E-state index in [4.69, 9.17) is 0 Å². The van der Waals surface area contributed by atoms with Gasteiger partial charge in [0.15, 0.2) is 5.82 Å². The van der Waals surface area contributed by atoms with E-state index in [9.17, 15) is 14.4 Å². The van der Waals surface area contributed by atoms with E-state index >= 15 is 0 Å². The fourth-order valence-electron chi connectivity index (χ4n) is 3.37. The molecule has 33 heavy (non-hydrogen) atoms. The second kappa shape index (κ2) is 10.2. The minimum absolute atomic E-state index is 0.199. The molecule has 0 saturated carbocycles. The third kappa shape index (κ3) is 5.89. The minimum atomic E-state index is -0.371. The molecular weight excluding hydrogens is 424 g/mol. The van der Waals surface area contributed by atoms with Crippen molar-refractivity contribution in [2.75, 3.05) is 37.8 Å². The van der Waals surface area contributed by atoms with E-state index in [0.717, 1.165) is 13.0 Å². The van der Waals surface area contributed by atoms with Crippen LogP contribution in [0.2, 0.25) is 0 Å². The molecule has 3 rings (SSSR count). The molecule has 0 fully saturated rings.